The summed E-state index contributed by atoms with van der Waals surface area (Å²) in [5.74, 6) is 0. The summed E-state index contributed by atoms with van der Waals surface area (Å²) in [5.41, 5.74) is 2.21. The number of halogens is 1. The minimum Gasteiger partial charge on any atom is -0.380 e. The van der Waals surface area contributed by atoms with Crippen molar-refractivity contribution in [1.29, 1.82) is 0 Å². The van der Waals surface area contributed by atoms with Crippen LogP contribution >= 0.6 is 15.9 Å². The molecule has 1 aromatic heterocycles. The van der Waals surface area contributed by atoms with Crippen molar-refractivity contribution in [2.45, 2.75) is 25.8 Å². The Hall–Kier alpha value is -0.610. The smallest absolute Gasteiger partial charge is 0.106 e. The van der Waals surface area contributed by atoms with Crippen LogP contribution in [0.5, 0.6) is 0 Å². The molecule has 0 amide bonds. The number of piperidine rings is 1. The summed E-state index contributed by atoms with van der Waals surface area (Å²) in [5, 5.41) is 3.58. The summed E-state index contributed by atoms with van der Waals surface area (Å²) in [7, 11) is 2.18. The Bertz CT molecular complexity index is 367. The zero-order chi connectivity index (χ0) is 11.5. The van der Waals surface area contributed by atoms with Gasteiger partial charge in [0.15, 0.2) is 0 Å². The van der Waals surface area contributed by atoms with Crippen molar-refractivity contribution in [2.75, 3.05) is 25.5 Å². The van der Waals surface area contributed by atoms with Gasteiger partial charge < -0.3 is 10.2 Å². The topological polar surface area (TPSA) is 28.2 Å². The molecule has 1 aliphatic heterocycles. The fourth-order valence-electron chi connectivity index (χ4n) is 2.19. The third-order valence-corrected chi connectivity index (χ3v) is 3.48. The fourth-order valence-corrected chi connectivity index (χ4v) is 2.59. The van der Waals surface area contributed by atoms with E-state index in [4.69, 9.17) is 0 Å². The lowest BCUT2D eigenvalue weighted by Gasteiger charge is -2.31. The highest BCUT2D eigenvalue weighted by Gasteiger charge is 2.17. The van der Waals surface area contributed by atoms with Gasteiger partial charge in [-0.2, -0.15) is 0 Å². The summed E-state index contributed by atoms with van der Waals surface area (Å²) < 4.78 is 0.899. The summed E-state index contributed by atoms with van der Waals surface area (Å²) >= 11 is 3.38. The second-order valence-corrected chi connectivity index (χ2v) is 5.33. The molecule has 88 valence electrons. The number of likely N-dealkylation sites (tertiary alicyclic amines) is 1. The molecule has 0 spiro atoms. The number of pyridine rings is 1. The molecule has 3 nitrogen and oxygen atoms in total. The number of nitrogens with one attached hydrogen (secondary N) is 1. The summed E-state index contributed by atoms with van der Waals surface area (Å²) in [6, 6.07) is 4.64. The molecule has 1 fully saturated rings. The monoisotopic (exact) mass is 283 g/mol. The molecule has 0 bridgehead atoms. The van der Waals surface area contributed by atoms with Crippen molar-refractivity contribution >= 4 is 21.6 Å². The Morgan fingerprint density at radius 1 is 1.50 bits per heavy atom. The average molecular weight is 284 g/mol. The third kappa shape index (κ3) is 2.95. The van der Waals surface area contributed by atoms with E-state index in [-0.39, 0.29) is 0 Å². The second kappa shape index (κ2) is 5.15. The van der Waals surface area contributed by atoms with Crippen LogP contribution in [0.3, 0.4) is 0 Å². The van der Waals surface area contributed by atoms with Crippen LogP contribution in [0.25, 0.3) is 0 Å². The van der Waals surface area contributed by atoms with Gasteiger partial charge in [-0.25, -0.2) is 4.98 Å². The summed E-state index contributed by atoms with van der Waals surface area (Å²) in [6.07, 6.45) is 2.52. The minimum atomic E-state index is 0.556. The Morgan fingerprint density at radius 2 is 2.31 bits per heavy atom. The van der Waals surface area contributed by atoms with Gasteiger partial charge in [0, 0.05) is 12.6 Å². The van der Waals surface area contributed by atoms with Crippen molar-refractivity contribution in [3.05, 3.63) is 22.4 Å². The Labute approximate surface area is 105 Å². The highest BCUT2D eigenvalue weighted by molar-refractivity contribution is 9.10. The molecule has 0 radical (unpaired) electrons. The molecule has 1 unspecified atom stereocenters. The van der Waals surface area contributed by atoms with Gasteiger partial charge in [-0.05, 0) is 61.4 Å². The molecule has 2 heterocycles. The fraction of sp³-hybridized carbons (Fsp3) is 0.583. The van der Waals surface area contributed by atoms with E-state index < -0.39 is 0 Å². The zero-order valence-electron chi connectivity index (χ0n) is 9.83. The number of nitrogens with zero attached hydrogens (tertiary/aromatic N) is 2. The first-order chi connectivity index (χ1) is 7.65. The maximum absolute atomic E-state index is 4.40. The van der Waals surface area contributed by atoms with E-state index in [0.717, 1.165) is 22.5 Å². The van der Waals surface area contributed by atoms with Gasteiger partial charge >= 0.3 is 0 Å². The SMILES string of the molecule is Cc1nc(Br)ccc1NC1CCCN(C)C1. The Kier molecular flexibility index (Phi) is 3.82. The van der Waals surface area contributed by atoms with Gasteiger partial charge in [-0.15, -0.1) is 0 Å². The number of hydrogen-bond donors (Lipinski definition) is 1. The van der Waals surface area contributed by atoms with Crippen molar-refractivity contribution < 1.29 is 0 Å². The predicted molar refractivity (Wildman–Crippen MR) is 70.8 cm³/mol. The van der Waals surface area contributed by atoms with E-state index in [0.29, 0.717) is 6.04 Å². The highest BCUT2D eigenvalue weighted by Crippen LogP contribution is 2.19. The lowest BCUT2D eigenvalue weighted by atomic mass is 10.1. The minimum absolute atomic E-state index is 0.556. The Morgan fingerprint density at radius 3 is 3.00 bits per heavy atom. The van der Waals surface area contributed by atoms with Gasteiger partial charge in [0.05, 0.1) is 11.4 Å². The summed E-state index contributed by atoms with van der Waals surface area (Å²) in [6.45, 7) is 4.38. The van der Waals surface area contributed by atoms with Crippen molar-refractivity contribution in [2.24, 2.45) is 0 Å². The Balaban J connectivity index is 2.02. The van der Waals surface area contributed by atoms with Crippen LogP contribution in [-0.4, -0.2) is 36.1 Å². The number of anilines is 1. The van der Waals surface area contributed by atoms with Crippen LogP contribution < -0.4 is 5.32 Å². The second-order valence-electron chi connectivity index (χ2n) is 4.51. The van der Waals surface area contributed by atoms with E-state index >= 15 is 0 Å². The zero-order valence-corrected chi connectivity index (χ0v) is 11.4. The van der Waals surface area contributed by atoms with Gasteiger partial charge in [0.1, 0.15) is 4.60 Å². The highest BCUT2D eigenvalue weighted by atomic mass is 79.9. The maximum Gasteiger partial charge on any atom is 0.106 e. The first kappa shape index (κ1) is 11.9. The van der Waals surface area contributed by atoms with Crippen LogP contribution in [-0.2, 0) is 0 Å². The van der Waals surface area contributed by atoms with Crippen LogP contribution in [0.1, 0.15) is 18.5 Å². The quantitative estimate of drug-likeness (QED) is 0.846. The molecular weight excluding hydrogens is 266 g/mol. The number of aromatic nitrogens is 1. The normalized spacial score (nSPS) is 22.1. The molecule has 0 aromatic carbocycles. The first-order valence-corrected chi connectivity index (χ1v) is 6.52. The molecule has 16 heavy (non-hydrogen) atoms. The maximum atomic E-state index is 4.40. The molecular formula is C12H18BrN3. The molecule has 1 atom stereocenters. The van der Waals surface area contributed by atoms with E-state index in [1.165, 1.54) is 19.4 Å². The third-order valence-electron chi connectivity index (χ3n) is 3.04. The van der Waals surface area contributed by atoms with Crippen LogP contribution in [0.2, 0.25) is 0 Å². The number of hydrogen-bond acceptors (Lipinski definition) is 3. The molecule has 0 aliphatic carbocycles. The lowest BCUT2D eigenvalue weighted by molar-refractivity contribution is 0.261. The number of likely N-dealkylation sites (N-methyl/N-ethyl adjacent to an activating group) is 1. The van der Waals surface area contributed by atoms with Crippen LogP contribution in [0.15, 0.2) is 16.7 Å². The molecule has 4 heteroatoms. The molecule has 1 N–H and O–H groups in total. The average Bonchev–Trinajstić information content (AvgIpc) is 2.22. The number of rotatable bonds is 2. The molecule has 1 aliphatic rings. The van der Waals surface area contributed by atoms with Crippen LogP contribution in [0, 0.1) is 6.92 Å². The standard InChI is InChI=1S/C12H18BrN3/c1-9-11(5-6-12(13)14-9)15-10-4-3-7-16(2)8-10/h5-6,10,15H,3-4,7-8H2,1-2H3. The van der Waals surface area contributed by atoms with Gasteiger partial charge in [0.25, 0.3) is 0 Å². The van der Waals surface area contributed by atoms with Crippen molar-refractivity contribution in [3.8, 4) is 0 Å². The molecule has 1 saturated heterocycles. The van der Waals surface area contributed by atoms with Gasteiger partial charge in [0.2, 0.25) is 0 Å². The van der Waals surface area contributed by atoms with Gasteiger partial charge in [-0.3, -0.25) is 0 Å². The van der Waals surface area contributed by atoms with Crippen molar-refractivity contribution in [3.63, 3.8) is 0 Å². The van der Waals surface area contributed by atoms with Gasteiger partial charge in [-0.1, -0.05) is 0 Å². The van der Waals surface area contributed by atoms with E-state index in [1.807, 2.05) is 13.0 Å². The summed E-state index contributed by atoms with van der Waals surface area (Å²) in [4.78, 5) is 6.78. The largest absolute Gasteiger partial charge is 0.380 e. The van der Waals surface area contributed by atoms with E-state index in [1.54, 1.807) is 0 Å². The molecule has 1 aromatic rings. The molecule has 0 saturated carbocycles. The first-order valence-electron chi connectivity index (χ1n) is 5.73. The van der Waals surface area contributed by atoms with E-state index in [9.17, 15) is 0 Å². The predicted octanol–water partition coefficient (Wildman–Crippen LogP) is 2.66. The van der Waals surface area contributed by atoms with Crippen LogP contribution in [0.4, 0.5) is 5.69 Å². The molecule has 2 rings (SSSR count). The van der Waals surface area contributed by atoms with Crippen molar-refractivity contribution in [1.82, 2.24) is 9.88 Å². The lowest BCUT2D eigenvalue weighted by Crippen LogP contribution is -2.39. The van der Waals surface area contributed by atoms with E-state index in [2.05, 4.69) is 44.2 Å². The number of aryl methyl sites for hydroxylation is 1.